The summed E-state index contributed by atoms with van der Waals surface area (Å²) < 4.78 is 26.5. The number of benzene rings is 2. The first kappa shape index (κ1) is 29.4. The summed E-state index contributed by atoms with van der Waals surface area (Å²) in [5, 5.41) is 2.97. The van der Waals surface area contributed by atoms with Gasteiger partial charge in [-0.15, -0.1) is 0 Å². The van der Waals surface area contributed by atoms with E-state index in [2.05, 4.69) is 5.32 Å². The van der Waals surface area contributed by atoms with E-state index in [1.807, 2.05) is 71.0 Å². The van der Waals surface area contributed by atoms with Crippen molar-refractivity contribution in [3.05, 3.63) is 64.7 Å². The number of carbonyl (C=O) groups is 2. The van der Waals surface area contributed by atoms with Crippen molar-refractivity contribution < 1.29 is 18.0 Å². The molecule has 0 heterocycles. The smallest absolute Gasteiger partial charge is 0.242 e. The number of amides is 2. The fraction of sp³-hybridized carbons (Fsp3) is 0.500. The standard InChI is InChI=1S/C28H41N3O4S/c1-8-22(4)29-28(33)24(6)30(19-25-16-14-20(2)15-17-25)27(32)13-10-18-31(36(7,34)35)26-12-9-11-21(3)23(26)5/h9,11-12,14-17,22,24H,8,10,13,18-19H2,1-7H3,(H,29,33)/t22-,24+/m0/s1. The molecule has 0 aromatic heterocycles. The molecule has 2 aromatic carbocycles. The number of carbonyl (C=O) groups excluding carboxylic acids is 2. The molecule has 2 rings (SSSR count). The van der Waals surface area contributed by atoms with Gasteiger partial charge in [-0.25, -0.2) is 8.42 Å². The van der Waals surface area contributed by atoms with Gasteiger partial charge < -0.3 is 10.2 Å². The first-order valence-electron chi connectivity index (χ1n) is 12.5. The summed E-state index contributed by atoms with van der Waals surface area (Å²) in [5.74, 6) is -0.380. The lowest BCUT2D eigenvalue weighted by Crippen LogP contribution is -2.49. The van der Waals surface area contributed by atoms with E-state index in [0.717, 1.165) is 28.7 Å². The molecule has 0 radical (unpaired) electrons. The Labute approximate surface area is 216 Å². The topological polar surface area (TPSA) is 86.8 Å². The Morgan fingerprint density at radius 3 is 2.22 bits per heavy atom. The maximum absolute atomic E-state index is 13.4. The highest BCUT2D eigenvalue weighted by Gasteiger charge is 2.27. The van der Waals surface area contributed by atoms with Crippen LogP contribution in [0.3, 0.4) is 0 Å². The number of sulfonamides is 1. The highest BCUT2D eigenvalue weighted by molar-refractivity contribution is 7.92. The maximum Gasteiger partial charge on any atom is 0.242 e. The van der Waals surface area contributed by atoms with Gasteiger partial charge in [-0.2, -0.15) is 0 Å². The van der Waals surface area contributed by atoms with Crippen molar-refractivity contribution in [2.24, 2.45) is 0 Å². The first-order chi connectivity index (χ1) is 16.8. The average Bonchev–Trinajstić information content (AvgIpc) is 2.82. The Balaban J connectivity index is 2.20. The highest BCUT2D eigenvalue weighted by Crippen LogP contribution is 2.25. The van der Waals surface area contributed by atoms with Crippen molar-refractivity contribution >= 4 is 27.5 Å². The largest absolute Gasteiger partial charge is 0.352 e. The molecule has 8 heteroatoms. The second-order valence-corrected chi connectivity index (χ2v) is 11.6. The Morgan fingerprint density at radius 1 is 1.00 bits per heavy atom. The monoisotopic (exact) mass is 515 g/mol. The molecule has 0 bridgehead atoms. The number of hydrogen-bond donors (Lipinski definition) is 1. The molecular weight excluding hydrogens is 474 g/mol. The van der Waals surface area contributed by atoms with Gasteiger partial charge in [-0.05, 0) is 70.2 Å². The third-order valence-corrected chi connectivity index (χ3v) is 7.82. The Bertz CT molecular complexity index is 1150. The third kappa shape index (κ3) is 8.08. The lowest BCUT2D eigenvalue weighted by Gasteiger charge is -2.30. The molecule has 0 aliphatic heterocycles. The first-order valence-corrected chi connectivity index (χ1v) is 14.4. The van der Waals surface area contributed by atoms with Crippen molar-refractivity contribution in [1.82, 2.24) is 10.2 Å². The molecule has 2 aromatic rings. The Kier molecular flexibility index (Phi) is 10.5. The summed E-state index contributed by atoms with van der Waals surface area (Å²) in [4.78, 5) is 27.8. The van der Waals surface area contributed by atoms with E-state index in [4.69, 9.17) is 0 Å². The van der Waals surface area contributed by atoms with E-state index < -0.39 is 16.1 Å². The predicted molar refractivity (Wildman–Crippen MR) is 146 cm³/mol. The van der Waals surface area contributed by atoms with Crippen molar-refractivity contribution in [3.8, 4) is 0 Å². The lowest BCUT2D eigenvalue weighted by molar-refractivity contribution is -0.140. The summed E-state index contributed by atoms with van der Waals surface area (Å²) >= 11 is 0. The molecular formula is C28H41N3O4S. The predicted octanol–water partition coefficient (Wildman–Crippen LogP) is 4.49. The van der Waals surface area contributed by atoms with Crippen LogP contribution >= 0.6 is 0 Å². The number of aryl methyl sites for hydroxylation is 2. The molecule has 0 saturated carbocycles. The summed E-state index contributed by atoms with van der Waals surface area (Å²) in [6.07, 6.45) is 2.44. The van der Waals surface area contributed by atoms with Crippen molar-refractivity contribution in [2.45, 2.75) is 79.4 Å². The second-order valence-electron chi connectivity index (χ2n) is 9.66. The van der Waals surface area contributed by atoms with Crippen LogP contribution in [0.15, 0.2) is 42.5 Å². The van der Waals surface area contributed by atoms with Crippen LogP contribution in [0.25, 0.3) is 0 Å². The molecule has 2 atom stereocenters. The minimum atomic E-state index is -3.53. The molecule has 2 amide bonds. The van der Waals surface area contributed by atoms with Crippen LogP contribution in [0.4, 0.5) is 5.69 Å². The maximum atomic E-state index is 13.4. The number of nitrogens with zero attached hydrogens (tertiary/aromatic N) is 2. The van der Waals surface area contributed by atoms with E-state index in [0.29, 0.717) is 18.7 Å². The van der Waals surface area contributed by atoms with E-state index >= 15 is 0 Å². The highest BCUT2D eigenvalue weighted by atomic mass is 32.2. The molecule has 7 nitrogen and oxygen atoms in total. The molecule has 1 N–H and O–H groups in total. The summed E-state index contributed by atoms with van der Waals surface area (Å²) in [5.41, 5.74) is 4.58. The quantitative estimate of drug-likeness (QED) is 0.451. The van der Waals surface area contributed by atoms with Crippen LogP contribution in [0.2, 0.25) is 0 Å². The molecule has 0 aliphatic carbocycles. The summed E-state index contributed by atoms with van der Waals surface area (Å²) in [7, 11) is -3.53. The fourth-order valence-electron chi connectivity index (χ4n) is 3.93. The van der Waals surface area contributed by atoms with Gasteiger partial charge in [0.05, 0.1) is 11.9 Å². The number of nitrogens with one attached hydrogen (secondary N) is 1. The molecule has 0 aliphatic rings. The van der Waals surface area contributed by atoms with Crippen LogP contribution in [0.1, 0.15) is 62.3 Å². The van der Waals surface area contributed by atoms with Crippen LogP contribution in [0, 0.1) is 20.8 Å². The number of rotatable bonds is 12. The zero-order valence-corrected chi connectivity index (χ0v) is 23.5. The van der Waals surface area contributed by atoms with E-state index in [1.54, 1.807) is 17.9 Å². The Hall–Kier alpha value is -2.87. The Morgan fingerprint density at radius 2 is 1.64 bits per heavy atom. The lowest BCUT2D eigenvalue weighted by atomic mass is 10.1. The van der Waals surface area contributed by atoms with Gasteiger partial charge in [0.25, 0.3) is 0 Å². The molecule has 0 saturated heterocycles. The van der Waals surface area contributed by atoms with Crippen molar-refractivity contribution in [3.63, 3.8) is 0 Å². The number of anilines is 1. The van der Waals surface area contributed by atoms with Gasteiger partial charge in [0.2, 0.25) is 21.8 Å². The fourth-order valence-corrected chi connectivity index (χ4v) is 4.94. The summed E-state index contributed by atoms with van der Waals surface area (Å²) in [6.45, 7) is 12.0. The van der Waals surface area contributed by atoms with Crippen LogP contribution < -0.4 is 9.62 Å². The van der Waals surface area contributed by atoms with Crippen LogP contribution in [-0.4, -0.2) is 50.0 Å². The van der Waals surface area contributed by atoms with Gasteiger partial charge in [-0.3, -0.25) is 13.9 Å². The minimum Gasteiger partial charge on any atom is -0.352 e. The van der Waals surface area contributed by atoms with Gasteiger partial charge in [-0.1, -0.05) is 48.9 Å². The zero-order valence-electron chi connectivity index (χ0n) is 22.7. The summed E-state index contributed by atoms with van der Waals surface area (Å²) in [6, 6.07) is 12.8. The normalized spacial score (nSPS) is 13.1. The van der Waals surface area contributed by atoms with E-state index in [1.165, 1.54) is 10.6 Å². The SMILES string of the molecule is CC[C@H](C)NC(=O)[C@@H](C)N(Cc1ccc(C)cc1)C(=O)CCCN(c1cccc(C)c1C)S(C)(=O)=O. The van der Waals surface area contributed by atoms with Crippen molar-refractivity contribution in [2.75, 3.05) is 17.1 Å². The van der Waals surface area contributed by atoms with Gasteiger partial charge in [0, 0.05) is 25.6 Å². The van der Waals surface area contributed by atoms with Crippen molar-refractivity contribution in [1.29, 1.82) is 0 Å². The number of hydrogen-bond acceptors (Lipinski definition) is 4. The van der Waals surface area contributed by atoms with Gasteiger partial charge >= 0.3 is 0 Å². The average molecular weight is 516 g/mol. The van der Waals surface area contributed by atoms with E-state index in [9.17, 15) is 18.0 Å². The van der Waals surface area contributed by atoms with Gasteiger partial charge in [0.1, 0.15) is 6.04 Å². The molecule has 0 spiro atoms. The minimum absolute atomic E-state index is 0.0113. The zero-order chi connectivity index (χ0) is 27.0. The molecule has 36 heavy (non-hydrogen) atoms. The third-order valence-electron chi connectivity index (χ3n) is 6.64. The van der Waals surface area contributed by atoms with E-state index in [-0.39, 0.29) is 30.8 Å². The van der Waals surface area contributed by atoms with Crippen LogP contribution in [-0.2, 0) is 26.2 Å². The molecule has 0 fully saturated rings. The molecule has 0 unspecified atom stereocenters. The molecule has 198 valence electrons. The second kappa shape index (κ2) is 12.9. The van der Waals surface area contributed by atoms with Crippen LogP contribution in [0.5, 0.6) is 0 Å². The van der Waals surface area contributed by atoms with Gasteiger partial charge in [0.15, 0.2) is 0 Å².